The van der Waals surface area contributed by atoms with Gasteiger partial charge < -0.3 is 0 Å². The largest absolute Gasteiger partial charge is 0.330 e. The van der Waals surface area contributed by atoms with Gasteiger partial charge in [0.05, 0.1) is 6.54 Å². The number of halogens is 2. The van der Waals surface area contributed by atoms with Crippen LogP contribution in [0.4, 0.5) is 4.39 Å². The Morgan fingerprint density at radius 3 is 2.39 bits per heavy atom. The molecule has 0 radical (unpaired) electrons. The van der Waals surface area contributed by atoms with E-state index in [4.69, 9.17) is 11.6 Å². The van der Waals surface area contributed by atoms with Crippen LogP contribution < -0.4 is 11.2 Å². The molecule has 6 nitrogen and oxygen atoms in total. The Morgan fingerprint density at radius 1 is 1.07 bits per heavy atom. The Hall–Kier alpha value is -3.19. The molecule has 2 heterocycles. The second kappa shape index (κ2) is 7.09. The Labute approximate surface area is 163 Å². The number of H-pyrrole nitrogens is 1. The number of nitrogens with zero attached hydrogens (tertiary/aromatic N) is 3. The zero-order chi connectivity index (χ0) is 19.8. The van der Waals surface area contributed by atoms with Crippen molar-refractivity contribution in [3.8, 4) is 5.69 Å². The molecule has 142 valence electrons. The minimum Gasteiger partial charge on any atom is -0.290 e. The first kappa shape index (κ1) is 18.2. The van der Waals surface area contributed by atoms with Crippen molar-refractivity contribution in [2.24, 2.45) is 0 Å². The molecule has 0 unspecified atom stereocenters. The van der Waals surface area contributed by atoms with E-state index in [-0.39, 0.29) is 23.5 Å². The monoisotopic (exact) mass is 398 g/mol. The van der Waals surface area contributed by atoms with E-state index < -0.39 is 11.2 Å². The van der Waals surface area contributed by atoms with Crippen LogP contribution >= 0.6 is 11.6 Å². The van der Waals surface area contributed by atoms with Crippen molar-refractivity contribution < 1.29 is 4.39 Å². The molecule has 4 rings (SSSR count). The Bertz CT molecular complexity index is 1270. The smallest absolute Gasteiger partial charge is 0.290 e. The highest BCUT2D eigenvalue weighted by Gasteiger charge is 2.18. The molecule has 0 saturated heterocycles. The van der Waals surface area contributed by atoms with E-state index in [9.17, 15) is 14.0 Å². The maximum atomic E-state index is 13.3. The molecule has 0 fully saturated rings. The fraction of sp³-hybridized carbons (Fsp3) is 0.150. The van der Waals surface area contributed by atoms with E-state index in [0.717, 1.165) is 10.1 Å². The molecule has 0 spiro atoms. The van der Waals surface area contributed by atoms with Gasteiger partial charge in [0.2, 0.25) is 0 Å². The first-order valence-corrected chi connectivity index (χ1v) is 9.10. The molecule has 2 aromatic carbocycles. The Morgan fingerprint density at radius 2 is 1.75 bits per heavy atom. The molecule has 0 aliphatic heterocycles. The number of nitrogens with one attached hydrogen (secondary N) is 1. The predicted octanol–water partition coefficient (Wildman–Crippen LogP) is 3.28. The molecule has 0 bridgehead atoms. The number of aromatic nitrogens is 4. The lowest BCUT2D eigenvalue weighted by molar-refractivity contribution is 0.627. The zero-order valence-electron chi connectivity index (χ0n) is 14.9. The summed E-state index contributed by atoms with van der Waals surface area (Å²) < 4.78 is 16.1. The second-order valence-corrected chi connectivity index (χ2v) is 6.77. The van der Waals surface area contributed by atoms with Crippen molar-refractivity contribution in [3.63, 3.8) is 0 Å². The highest BCUT2D eigenvalue weighted by Crippen LogP contribution is 2.18. The zero-order valence-corrected chi connectivity index (χ0v) is 15.7. The van der Waals surface area contributed by atoms with Crippen molar-refractivity contribution in [3.05, 3.63) is 91.6 Å². The van der Waals surface area contributed by atoms with Crippen LogP contribution in [0.1, 0.15) is 18.3 Å². The first-order chi connectivity index (χ1) is 13.5. The molecule has 8 heteroatoms. The summed E-state index contributed by atoms with van der Waals surface area (Å²) in [6.07, 6.45) is 0.532. The third-order valence-electron chi connectivity index (χ3n) is 4.52. The van der Waals surface area contributed by atoms with Gasteiger partial charge in [0, 0.05) is 17.1 Å². The summed E-state index contributed by atoms with van der Waals surface area (Å²) in [6.45, 7) is 1.99. The molecular weight excluding hydrogens is 383 g/mol. The lowest BCUT2D eigenvalue weighted by Gasteiger charge is -2.09. The van der Waals surface area contributed by atoms with Gasteiger partial charge in [0.25, 0.3) is 5.56 Å². The lowest BCUT2D eigenvalue weighted by atomic mass is 10.2. The highest BCUT2D eigenvalue weighted by atomic mass is 35.5. The maximum Gasteiger partial charge on any atom is 0.330 e. The Balaban J connectivity index is 1.95. The van der Waals surface area contributed by atoms with Crippen LogP contribution in [0.25, 0.3) is 16.9 Å². The summed E-state index contributed by atoms with van der Waals surface area (Å²) >= 11 is 5.90. The van der Waals surface area contributed by atoms with Gasteiger partial charge in [-0.15, -0.1) is 0 Å². The van der Waals surface area contributed by atoms with Crippen molar-refractivity contribution in [1.29, 1.82) is 0 Å². The minimum absolute atomic E-state index is 0.0946. The number of imidazole rings is 1. The highest BCUT2D eigenvalue weighted by molar-refractivity contribution is 6.30. The number of aromatic amines is 1. The first-order valence-electron chi connectivity index (χ1n) is 8.72. The van der Waals surface area contributed by atoms with Crippen LogP contribution in [0, 0.1) is 5.82 Å². The average molecular weight is 399 g/mol. The third kappa shape index (κ3) is 3.14. The Kier molecular flexibility index (Phi) is 4.60. The molecule has 1 N–H and O–H groups in total. The molecule has 0 aliphatic rings. The summed E-state index contributed by atoms with van der Waals surface area (Å²) in [6, 6.07) is 12.7. The molecule has 2 aromatic heterocycles. The molecule has 0 saturated carbocycles. The van der Waals surface area contributed by atoms with Crippen LogP contribution in [0.5, 0.6) is 0 Å². The topological polar surface area (TPSA) is 72.7 Å². The number of benzene rings is 2. The van der Waals surface area contributed by atoms with Gasteiger partial charge in [0.15, 0.2) is 11.2 Å². The molecule has 4 aromatic rings. The lowest BCUT2D eigenvalue weighted by Crippen LogP contribution is -2.36. The summed E-state index contributed by atoms with van der Waals surface area (Å²) in [5, 5.41) is 0.572. The van der Waals surface area contributed by atoms with E-state index in [1.54, 1.807) is 41.0 Å². The minimum atomic E-state index is -0.543. The standard InChI is InChI=1S/C20H16ClFN4O2/c1-2-16-23-18-17(26(16)15-9-7-14(22)8-10-15)19(27)25(20(28)24-18)11-12-3-5-13(21)6-4-12/h3-10H,2,11H2,1H3,(H,24,28). The quantitative estimate of drug-likeness (QED) is 0.573. The van der Waals surface area contributed by atoms with Crippen LogP contribution in [0.2, 0.25) is 5.02 Å². The van der Waals surface area contributed by atoms with E-state index in [0.29, 0.717) is 23.0 Å². The fourth-order valence-corrected chi connectivity index (χ4v) is 3.29. The van der Waals surface area contributed by atoms with Gasteiger partial charge in [-0.1, -0.05) is 30.7 Å². The van der Waals surface area contributed by atoms with E-state index in [1.165, 1.54) is 12.1 Å². The van der Waals surface area contributed by atoms with Gasteiger partial charge in [-0.25, -0.2) is 14.2 Å². The predicted molar refractivity (Wildman–Crippen MR) is 106 cm³/mol. The van der Waals surface area contributed by atoms with Crippen molar-refractivity contribution in [1.82, 2.24) is 19.1 Å². The second-order valence-electron chi connectivity index (χ2n) is 6.34. The van der Waals surface area contributed by atoms with Gasteiger partial charge in [-0.3, -0.25) is 18.9 Å². The van der Waals surface area contributed by atoms with Gasteiger partial charge in [-0.05, 0) is 42.0 Å². The van der Waals surface area contributed by atoms with Crippen molar-refractivity contribution >= 4 is 22.8 Å². The normalized spacial score (nSPS) is 11.2. The fourth-order valence-electron chi connectivity index (χ4n) is 3.16. The van der Waals surface area contributed by atoms with Gasteiger partial charge >= 0.3 is 5.69 Å². The summed E-state index contributed by atoms with van der Waals surface area (Å²) in [5.74, 6) is 0.221. The van der Waals surface area contributed by atoms with Crippen LogP contribution in [0.3, 0.4) is 0 Å². The summed E-state index contributed by atoms with van der Waals surface area (Å²) in [4.78, 5) is 32.8. The van der Waals surface area contributed by atoms with Gasteiger partial charge in [-0.2, -0.15) is 0 Å². The third-order valence-corrected chi connectivity index (χ3v) is 4.77. The molecule has 28 heavy (non-hydrogen) atoms. The number of fused-ring (bicyclic) bond motifs is 1. The van der Waals surface area contributed by atoms with Crippen molar-refractivity contribution in [2.75, 3.05) is 0 Å². The molecule has 0 amide bonds. The van der Waals surface area contributed by atoms with E-state index in [2.05, 4.69) is 9.97 Å². The molecule has 0 aliphatic carbocycles. The van der Waals surface area contributed by atoms with E-state index >= 15 is 0 Å². The number of hydrogen-bond acceptors (Lipinski definition) is 3. The maximum absolute atomic E-state index is 13.3. The SMILES string of the molecule is CCc1nc2[nH]c(=O)n(Cc3ccc(Cl)cc3)c(=O)c2n1-c1ccc(F)cc1. The summed E-state index contributed by atoms with van der Waals surface area (Å²) in [5.41, 5.74) is 0.812. The van der Waals surface area contributed by atoms with Crippen LogP contribution in [-0.4, -0.2) is 19.1 Å². The number of aryl methyl sites for hydroxylation is 1. The molecular formula is C20H16ClFN4O2. The van der Waals surface area contributed by atoms with E-state index in [1.807, 2.05) is 6.92 Å². The van der Waals surface area contributed by atoms with Crippen LogP contribution in [-0.2, 0) is 13.0 Å². The average Bonchev–Trinajstić information content (AvgIpc) is 3.05. The molecule has 0 atom stereocenters. The number of hydrogen-bond donors (Lipinski definition) is 1. The van der Waals surface area contributed by atoms with Crippen molar-refractivity contribution in [2.45, 2.75) is 19.9 Å². The van der Waals surface area contributed by atoms with Crippen LogP contribution in [0.15, 0.2) is 58.1 Å². The summed E-state index contributed by atoms with van der Waals surface area (Å²) in [7, 11) is 0. The number of rotatable bonds is 4. The van der Waals surface area contributed by atoms with Gasteiger partial charge in [0.1, 0.15) is 11.6 Å².